The van der Waals surface area contributed by atoms with E-state index in [1.165, 1.54) is 6.07 Å². The third-order valence-electron chi connectivity index (χ3n) is 5.20. The average Bonchev–Trinajstić information content (AvgIpc) is 3.05. The van der Waals surface area contributed by atoms with Crippen molar-refractivity contribution in [1.29, 1.82) is 0 Å². The largest absolute Gasteiger partial charge is 0.256 e. The van der Waals surface area contributed by atoms with Crippen molar-refractivity contribution in [3.05, 3.63) is 83.6 Å². The molecule has 0 fully saturated rings. The Bertz CT molecular complexity index is 1380. The number of aryl methyl sites for hydroxylation is 1. The summed E-state index contributed by atoms with van der Waals surface area (Å²) in [6.45, 7) is 7.48. The van der Waals surface area contributed by atoms with E-state index in [0.717, 1.165) is 22.7 Å². The molecule has 0 radical (unpaired) electrons. The van der Waals surface area contributed by atoms with E-state index in [4.69, 9.17) is 0 Å². The molecule has 2 aromatic heterocycles. The van der Waals surface area contributed by atoms with Crippen molar-refractivity contribution in [2.24, 2.45) is 0 Å². The van der Waals surface area contributed by atoms with Gasteiger partial charge < -0.3 is 0 Å². The van der Waals surface area contributed by atoms with E-state index < -0.39 is 21.1 Å². The highest BCUT2D eigenvalue weighted by molar-refractivity contribution is 7.90. The Morgan fingerprint density at radius 2 is 1.81 bits per heavy atom. The van der Waals surface area contributed by atoms with Gasteiger partial charge in [-0.1, -0.05) is 32.9 Å². The standard InChI is InChI=1S/C24H24FN3O2S/c1-16-13-17(28(27-16)23-9-5-8-22-19(23)7-6-12-26-22)15-31(29,30)18-10-11-20(21(25)14-18)24(2,3)4/h5-14H,15H2,1-4H3. The summed E-state index contributed by atoms with van der Waals surface area (Å²) in [5.41, 5.74) is 2.81. The molecule has 31 heavy (non-hydrogen) atoms. The van der Waals surface area contributed by atoms with Crippen LogP contribution in [0.3, 0.4) is 0 Å². The minimum Gasteiger partial charge on any atom is -0.256 e. The highest BCUT2D eigenvalue weighted by atomic mass is 32.2. The molecule has 0 amide bonds. The van der Waals surface area contributed by atoms with Crippen LogP contribution in [-0.4, -0.2) is 23.2 Å². The van der Waals surface area contributed by atoms with E-state index in [-0.39, 0.29) is 10.6 Å². The van der Waals surface area contributed by atoms with Crippen LogP contribution < -0.4 is 0 Å². The lowest BCUT2D eigenvalue weighted by atomic mass is 9.87. The second-order valence-corrected chi connectivity index (χ2v) is 10.7. The van der Waals surface area contributed by atoms with Gasteiger partial charge in [0.25, 0.3) is 0 Å². The van der Waals surface area contributed by atoms with Gasteiger partial charge in [-0.3, -0.25) is 4.98 Å². The van der Waals surface area contributed by atoms with Crippen LogP contribution in [0.5, 0.6) is 0 Å². The molecule has 0 aliphatic carbocycles. The number of sulfone groups is 1. The van der Waals surface area contributed by atoms with Crippen molar-refractivity contribution in [1.82, 2.24) is 14.8 Å². The van der Waals surface area contributed by atoms with Gasteiger partial charge in [0.1, 0.15) is 5.82 Å². The van der Waals surface area contributed by atoms with Gasteiger partial charge >= 0.3 is 0 Å². The third-order valence-corrected chi connectivity index (χ3v) is 6.85. The van der Waals surface area contributed by atoms with E-state index in [2.05, 4.69) is 10.1 Å². The first-order chi connectivity index (χ1) is 14.6. The van der Waals surface area contributed by atoms with Crippen LogP contribution in [0.4, 0.5) is 4.39 Å². The number of nitrogens with zero attached hydrogens (tertiary/aromatic N) is 3. The van der Waals surface area contributed by atoms with Gasteiger partial charge in [-0.2, -0.15) is 5.10 Å². The van der Waals surface area contributed by atoms with E-state index in [1.807, 2.05) is 58.0 Å². The average molecular weight is 438 g/mol. The van der Waals surface area contributed by atoms with Gasteiger partial charge in [-0.25, -0.2) is 17.5 Å². The molecule has 0 saturated carbocycles. The van der Waals surface area contributed by atoms with Crippen LogP contribution in [0.2, 0.25) is 0 Å². The summed E-state index contributed by atoms with van der Waals surface area (Å²) in [4.78, 5) is 4.32. The molecule has 2 aromatic carbocycles. The predicted molar refractivity (Wildman–Crippen MR) is 120 cm³/mol. The molecule has 0 saturated heterocycles. The number of fused-ring (bicyclic) bond motifs is 1. The van der Waals surface area contributed by atoms with Crippen LogP contribution in [-0.2, 0) is 21.0 Å². The van der Waals surface area contributed by atoms with Crippen LogP contribution in [0.1, 0.15) is 37.7 Å². The number of benzene rings is 2. The second-order valence-electron chi connectivity index (χ2n) is 8.69. The van der Waals surface area contributed by atoms with Gasteiger partial charge in [0, 0.05) is 11.6 Å². The maximum absolute atomic E-state index is 14.6. The summed E-state index contributed by atoms with van der Waals surface area (Å²) in [6, 6.07) is 15.3. The first-order valence-electron chi connectivity index (χ1n) is 9.99. The topological polar surface area (TPSA) is 64.8 Å². The summed E-state index contributed by atoms with van der Waals surface area (Å²) in [7, 11) is -3.78. The van der Waals surface area contributed by atoms with Crippen molar-refractivity contribution >= 4 is 20.7 Å². The summed E-state index contributed by atoms with van der Waals surface area (Å²) in [5, 5.41) is 5.39. The zero-order chi connectivity index (χ0) is 22.4. The fraction of sp³-hybridized carbons (Fsp3) is 0.250. The van der Waals surface area contributed by atoms with E-state index in [1.54, 1.807) is 23.0 Å². The van der Waals surface area contributed by atoms with E-state index in [0.29, 0.717) is 17.0 Å². The van der Waals surface area contributed by atoms with Crippen molar-refractivity contribution in [3.63, 3.8) is 0 Å². The lowest BCUT2D eigenvalue weighted by molar-refractivity contribution is 0.519. The van der Waals surface area contributed by atoms with Gasteiger partial charge in [0.2, 0.25) is 0 Å². The minimum atomic E-state index is -3.78. The molecule has 7 heteroatoms. The second kappa shape index (κ2) is 7.57. The normalized spacial score (nSPS) is 12.4. The lowest BCUT2D eigenvalue weighted by Crippen LogP contribution is -2.15. The van der Waals surface area contributed by atoms with E-state index >= 15 is 0 Å². The first kappa shape index (κ1) is 21.2. The van der Waals surface area contributed by atoms with Crippen LogP contribution in [0, 0.1) is 12.7 Å². The Hall–Kier alpha value is -3.06. The zero-order valence-electron chi connectivity index (χ0n) is 17.9. The molecule has 4 aromatic rings. The zero-order valence-corrected chi connectivity index (χ0v) is 18.7. The maximum Gasteiger partial charge on any atom is 0.184 e. The molecule has 160 valence electrons. The molecule has 0 N–H and O–H groups in total. The Balaban J connectivity index is 1.77. The number of hydrogen-bond donors (Lipinski definition) is 0. The van der Waals surface area contributed by atoms with Crippen LogP contribution >= 0.6 is 0 Å². The number of pyridine rings is 1. The van der Waals surface area contributed by atoms with Gasteiger partial charge in [-0.05, 0) is 60.4 Å². The maximum atomic E-state index is 14.6. The van der Waals surface area contributed by atoms with Crippen molar-refractivity contribution in [2.45, 2.75) is 43.8 Å². The molecule has 4 rings (SSSR count). The number of hydrogen-bond acceptors (Lipinski definition) is 4. The molecule has 0 atom stereocenters. The number of aromatic nitrogens is 3. The fourth-order valence-electron chi connectivity index (χ4n) is 3.71. The van der Waals surface area contributed by atoms with Crippen LogP contribution in [0.15, 0.2) is 65.7 Å². The molecular formula is C24H24FN3O2S. The number of halogens is 1. The fourth-order valence-corrected chi connectivity index (χ4v) is 5.03. The quantitative estimate of drug-likeness (QED) is 0.443. The molecule has 0 spiro atoms. The Morgan fingerprint density at radius 1 is 1.03 bits per heavy atom. The summed E-state index contributed by atoms with van der Waals surface area (Å²) < 4.78 is 42.6. The lowest BCUT2D eigenvalue weighted by Gasteiger charge is -2.20. The molecule has 0 unspecified atom stereocenters. The number of rotatable bonds is 4. The molecule has 2 heterocycles. The van der Waals surface area contributed by atoms with Gasteiger partial charge in [-0.15, -0.1) is 0 Å². The summed E-state index contributed by atoms with van der Waals surface area (Å²) >= 11 is 0. The first-order valence-corrected chi connectivity index (χ1v) is 11.6. The minimum absolute atomic E-state index is 0.0389. The van der Waals surface area contributed by atoms with E-state index in [9.17, 15) is 12.8 Å². The van der Waals surface area contributed by atoms with Crippen molar-refractivity contribution in [3.8, 4) is 5.69 Å². The van der Waals surface area contributed by atoms with Crippen molar-refractivity contribution < 1.29 is 12.8 Å². The summed E-state index contributed by atoms with van der Waals surface area (Å²) in [6.07, 6.45) is 1.71. The molecular weight excluding hydrogens is 413 g/mol. The molecule has 0 bridgehead atoms. The smallest absolute Gasteiger partial charge is 0.184 e. The van der Waals surface area contributed by atoms with Gasteiger partial charge in [0.15, 0.2) is 9.84 Å². The molecule has 5 nitrogen and oxygen atoms in total. The third kappa shape index (κ3) is 4.10. The molecule has 0 aliphatic rings. The Morgan fingerprint density at radius 3 is 2.52 bits per heavy atom. The van der Waals surface area contributed by atoms with Gasteiger partial charge in [0.05, 0.1) is 33.2 Å². The monoisotopic (exact) mass is 437 g/mol. The highest BCUT2D eigenvalue weighted by Crippen LogP contribution is 2.29. The Kier molecular flexibility index (Phi) is 5.17. The Labute approximate surface area is 181 Å². The van der Waals surface area contributed by atoms with Crippen LogP contribution in [0.25, 0.3) is 16.6 Å². The predicted octanol–water partition coefficient (Wildman–Crippen LogP) is 5.14. The molecule has 0 aliphatic heterocycles. The highest BCUT2D eigenvalue weighted by Gasteiger charge is 2.24. The summed E-state index contributed by atoms with van der Waals surface area (Å²) in [5.74, 6) is -0.808. The SMILES string of the molecule is Cc1cc(CS(=O)(=O)c2ccc(C(C)(C)C)c(F)c2)n(-c2cccc3ncccc23)n1. The van der Waals surface area contributed by atoms with Crippen molar-refractivity contribution in [2.75, 3.05) is 0 Å².